The minimum atomic E-state index is -0.331. The highest BCUT2D eigenvalue weighted by Crippen LogP contribution is 2.42. The summed E-state index contributed by atoms with van der Waals surface area (Å²) in [5.74, 6) is -0.182. The molecule has 5 rings (SSSR count). The fraction of sp³-hybridized carbons (Fsp3) is 0.333. The van der Waals surface area contributed by atoms with Crippen molar-refractivity contribution in [3.63, 3.8) is 0 Å². The Morgan fingerprint density at radius 3 is 2.35 bits per heavy atom. The van der Waals surface area contributed by atoms with Crippen molar-refractivity contribution >= 4 is 11.7 Å². The Bertz CT molecular complexity index is 1110. The molecule has 2 N–H and O–H groups in total. The molecule has 2 amide bonds. The molecule has 2 aromatic carbocycles. The number of aliphatic hydroxyl groups is 1. The number of urea groups is 1. The van der Waals surface area contributed by atoms with Crippen LogP contribution < -0.4 is 5.32 Å². The van der Waals surface area contributed by atoms with E-state index >= 15 is 0 Å². The van der Waals surface area contributed by atoms with Crippen LogP contribution in [0.5, 0.6) is 0 Å². The van der Waals surface area contributed by atoms with Crippen LogP contribution in [-0.2, 0) is 0 Å². The van der Waals surface area contributed by atoms with E-state index in [2.05, 4.69) is 39.5 Å². The van der Waals surface area contributed by atoms with Crippen molar-refractivity contribution in [1.82, 2.24) is 14.8 Å². The lowest BCUT2D eigenvalue weighted by molar-refractivity contribution is -0.0585. The van der Waals surface area contributed by atoms with Gasteiger partial charge < -0.3 is 15.3 Å². The Hall–Kier alpha value is -3.29. The monoisotopic (exact) mass is 460 g/mol. The number of hydrogen-bond donors (Lipinski definition) is 2. The van der Waals surface area contributed by atoms with Crippen LogP contribution in [0, 0.1) is 5.82 Å². The van der Waals surface area contributed by atoms with Gasteiger partial charge in [0.2, 0.25) is 0 Å². The van der Waals surface area contributed by atoms with Crippen LogP contribution in [0.2, 0.25) is 0 Å². The first kappa shape index (κ1) is 22.5. The van der Waals surface area contributed by atoms with E-state index in [1.54, 1.807) is 24.5 Å². The molecule has 2 aliphatic heterocycles. The van der Waals surface area contributed by atoms with E-state index in [-0.39, 0.29) is 36.5 Å². The summed E-state index contributed by atoms with van der Waals surface area (Å²) >= 11 is 0. The fourth-order valence-corrected chi connectivity index (χ4v) is 5.30. The van der Waals surface area contributed by atoms with Crippen molar-refractivity contribution in [3.05, 3.63) is 84.4 Å². The van der Waals surface area contributed by atoms with Gasteiger partial charge in [0.15, 0.2) is 0 Å². The van der Waals surface area contributed by atoms with Gasteiger partial charge in [-0.2, -0.15) is 0 Å². The third-order valence-electron chi connectivity index (χ3n) is 7.06. The molecule has 0 radical (unpaired) electrons. The highest BCUT2D eigenvalue weighted by atomic mass is 19.1. The summed E-state index contributed by atoms with van der Waals surface area (Å²) < 4.78 is 13.2. The molecule has 2 aliphatic rings. The first-order valence-corrected chi connectivity index (χ1v) is 11.8. The number of carbonyl (C=O) groups is 1. The maximum Gasteiger partial charge on any atom is 0.321 e. The quantitative estimate of drug-likeness (QED) is 0.608. The zero-order valence-corrected chi connectivity index (χ0v) is 19.0. The standard InChI is InChI=1S/C27H29FN4O2/c28-22-7-9-23(10-8-22)30-27(34)31-15-1-2-16-32-24(17-31)26(25(32)18-33)21-5-3-19(4-6-21)20-11-13-29-14-12-20/h3-14,24-26,33H,1-2,15-18H2,(H,30,34)/t24-,25-,26+/m0/s1. The van der Waals surface area contributed by atoms with Gasteiger partial charge in [-0.3, -0.25) is 9.88 Å². The molecule has 1 aromatic heterocycles. The minimum Gasteiger partial charge on any atom is -0.395 e. The van der Waals surface area contributed by atoms with E-state index in [1.807, 2.05) is 17.0 Å². The smallest absolute Gasteiger partial charge is 0.321 e. The molecule has 34 heavy (non-hydrogen) atoms. The molecule has 6 nitrogen and oxygen atoms in total. The second-order valence-corrected chi connectivity index (χ2v) is 9.03. The van der Waals surface area contributed by atoms with Crippen LogP contribution in [0.3, 0.4) is 0 Å². The van der Waals surface area contributed by atoms with Crippen LogP contribution in [0.25, 0.3) is 11.1 Å². The Morgan fingerprint density at radius 1 is 0.971 bits per heavy atom. The molecule has 176 valence electrons. The van der Waals surface area contributed by atoms with Gasteiger partial charge in [-0.1, -0.05) is 24.3 Å². The number of nitrogens with one attached hydrogen (secondary N) is 1. The second-order valence-electron chi connectivity index (χ2n) is 9.03. The molecule has 0 saturated carbocycles. The highest BCUT2D eigenvalue weighted by molar-refractivity contribution is 5.89. The van der Waals surface area contributed by atoms with Gasteiger partial charge in [-0.05, 0) is 72.5 Å². The van der Waals surface area contributed by atoms with E-state index in [0.29, 0.717) is 18.8 Å². The van der Waals surface area contributed by atoms with Crippen molar-refractivity contribution in [2.75, 3.05) is 31.6 Å². The van der Waals surface area contributed by atoms with Gasteiger partial charge in [0.25, 0.3) is 0 Å². The van der Waals surface area contributed by atoms with Crippen LogP contribution >= 0.6 is 0 Å². The maximum atomic E-state index is 13.2. The van der Waals surface area contributed by atoms with Crippen LogP contribution in [0.1, 0.15) is 24.3 Å². The number of aliphatic hydroxyl groups excluding tert-OH is 1. The molecular formula is C27H29FN4O2. The Kier molecular flexibility index (Phi) is 6.56. The molecule has 0 spiro atoms. The third-order valence-corrected chi connectivity index (χ3v) is 7.06. The molecule has 3 aromatic rings. The molecule has 3 heterocycles. The summed E-state index contributed by atoms with van der Waals surface area (Å²) in [6.07, 6.45) is 5.45. The summed E-state index contributed by atoms with van der Waals surface area (Å²) in [7, 11) is 0. The predicted octanol–water partition coefficient (Wildman–Crippen LogP) is 4.34. The fourth-order valence-electron chi connectivity index (χ4n) is 5.30. The minimum absolute atomic E-state index is 0.0527. The van der Waals surface area contributed by atoms with E-state index in [4.69, 9.17) is 0 Å². The lowest BCUT2D eigenvalue weighted by Gasteiger charge is -2.57. The van der Waals surface area contributed by atoms with Gasteiger partial charge in [0.05, 0.1) is 6.61 Å². The van der Waals surface area contributed by atoms with E-state index in [0.717, 1.165) is 30.5 Å². The first-order valence-electron chi connectivity index (χ1n) is 11.8. The average Bonchev–Trinajstić information content (AvgIpc) is 2.85. The molecule has 7 heteroatoms. The number of halogens is 1. The molecule has 0 bridgehead atoms. The number of benzene rings is 2. The highest BCUT2D eigenvalue weighted by Gasteiger charge is 2.49. The zero-order valence-electron chi connectivity index (χ0n) is 19.0. The molecule has 2 fully saturated rings. The van der Waals surface area contributed by atoms with Gasteiger partial charge in [0.1, 0.15) is 5.82 Å². The predicted molar refractivity (Wildman–Crippen MR) is 130 cm³/mol. The molecule has 2 saturated heterocycles. The summed E-state index contributed by atoms with van der Waals surface area (Å²) in [4.78, 5) is 21.3. The van der Waals surface area contributed by atoms with Crippen molar-refractivity contribution < 1.29 is 14.3 Å². The van der Waals surface area contributed by atoms with E-state index < -0.39 is 0 Å². The zero-order chi connectivity index (χ0) is 23.5. The summed E-state index contributed by atoms with van der Waals surface area (Å²) in [5, 5.41) is 13.1. The Morgan fingerprint density at radius 2 is 1.65 bits per heavy atom. The summed E-state index contributed by atoms with van der Waals surface area (Å²) in [6.45, 7) is 2.28. The molecular weight excluding hydrogens is 431 g/mol. The Balaban J connectivity index is 1.34. The van der Waals surface area contributed by atoms with Gasteiger partial charge in [-0.15, -0.1) is 0 Å². The lowest BCUT2D eigenvalue weighted by atomic mass is 9.74. The van der Waals surface area contributed by atoms with Crippen molar-refractivity contribution in [2.45, 2.75) is 30.8 Å². The third kappa shape index (κ3) is 4.54. The molecule has 0 aliphatic carbocycles. The number of fused-ring (bicyclic) bond motifs is 1. The number of nitrogens with zero attached hydrogens (tertiary/aromatic N) is 3. The van der Waals surface area contributed by atoms with Crippen molar-refractivity contribution in [2.24, 2.45) is 0 Å². The Labute approximate surface area is 199 Å². The number of pyridine rings is 1. The summed E-state index contributed by atoms with van der Waals surface area (Å²) in [5.41, 5.74) is 4.00. The van der Waals surface area contributed by atoms with Gasteiger partial charge in [0, 0.05) is 49.2 Å². The lowest BCUT2D eigenvalue weighted by Crippen LogP contribution is -2.68. The van der Waals surface area contributed by atoms with Gasteiger partial charge >= 0.3 is 6.03 Å². The largest absolute Gasteiger partial charge is 0.395 e. The average molecular weight is 461 g/mol. The number of hydrogen-bond acceptors (Lipinski definition) is 4. The SMILES string of the molecule is O=C(Nc1ccc(F)cc1)N1CCCCN2[C@@H](CO)[C@H](c3ccc(-c4ccncc4)cc3)[C@@H]2C1. The normalized spacial score (nSPS) is 22.8. The second kappa shape index (κ2) is 9.91. The van der Waals surface area contributed by atoms with Crippen molar-refractivity contribution in [1.29, 1.82) is 0 Å². The number of carbonyl (C=O) groups excluding carboxylic acids is 1. The molecule has 0 unspecified atom stereocenters. The number of anilines is 1. The van der Waals surface area contributed by atoms with E-state index in [9.17, 15) is 14.3 Å². The summed E-state index contributed by atoms with van der Waals surface area (Å²) in [6, 6.07) is 18.3. The van der Waals surface area contributed by atoms with Crippen LogP contribution in [-0.4, -0.2) is 64.2 Å². The maximum absolute atomic E-state index is 13.2. The van der Waals surface area contributed by atoms with E-state index in [1.165, 1.54) is 17.7 Å². The van der Waals surface area contributed by atoms with Crippen molar-refractivity contribution in [3.8, 4) is 11.1 Å². The van der Waals surface area contributed by atoms with Crippen LogP contribution in [0.4, 0.5) is 14.9 Å². The number of amides is 2. The topological polar surface area (TPSA) is 68.7 Å². The van der Waals surface area contributed by atoms with Crippen LogP contribution in [0.15, 0.2) is 73.1 Å². The van der Waals surface area contributed by atoms with Gasteiger partial charge in [-0.25, -0.2) is 9.18 Å². The number of aromatic nitrogens is 1. The number of rotatable bonds is 4. The first-order chi connectivity index (χ1) is 16.6. The molecule has 3 atom stereocenters.